The molecule has 7 nitrogen and oxygen atoms in total. The first-order chi connectivity index (χ1) is 14.0. The average molecular weight is 410 g/mol. The van der Waals surface area contributed by atoms with Crippen LogP contribution in [0.1, 0.15) is 17.9 Å². The number of anilines is 1. The van der Waals surface area contributed by atoms with Gasteiger partial charge in [0.1, 0.15) is 5.82 Å². The fourth-order valence-corrected chi connectivity index (χ4v) is 4.72. The molecule has 0 spiro atoms. The lowest BCUT2D eigenvalue weighted by Gasteiger charge is -2.42. The van der Waals surface area contributed by atoms with Gasteiger partial charge in [-0.15, -0.1) is 0 Å². The van der Waals surface area contributed by atoms with Crippen LogP contribution >= 0.6 is 11.8 Å². The molecule has 146 valence electrons. The van der Waals surface area contributed by atoms with Gasteiger partial charge in [0.25, 0.3) is 5.69 Å². The number of nitro groups is 1. The lowest BCUT2D eigenvalue weighted by molar-refractivity contribution is -0.384. The molecule has 0 aromatic heterocycles. The Bertz CT molecular complexity index is 1080. The Kier molecular flexibility index (Phi) is 4.94. The number of nitrogens with zero attached hydrogens (tertiary/aromatic N) is 4. The maximum Gasteiger partial charge on any atom is 0.269 e. The number of fused-ring (bicyclic) bond motifs is 1. The van der Waals surface area contributed by atoms with E-state index in [2.05, 4.69) is 6.07 Å². The molecule has 2 aromatic rings. The van der Waals surface area contributed by atoms with Crippen molar-refractivity contribution in [1.82, 2.24) is 4.90 Å². The number of carbonyl (C=O) groups excluding carboxylic acids is 1. The highest BCUT2D eigenvalue weighted by molar-refractivity contribution is 8.03. The largest absolute Gasteiger partial charge is 0.341 e. The van der Waals surface area contributed by atoms with Gasteiger partial charge in [-0.2, -0.15) is 5.26 Å². The van der Waals surface area contributed by atoms with Crippen molar-refractivity contribution >= 4 is 29.0 Å². The number of hydrogen-bond donors (Lipinski definition) is 0. The standard InChI is InChI=1S/C20H15FN4O3S/c21-17-6-1-2-7-18(17)23-11-24-19(26)9-15(16(10-22)20(24)29-12-23)13-4-3-5-14(8-13)25(27)28/h1-8,15H,9,11-12H2/t15-/m1/s1. The van der Waals surface area contributed by atoms with Crippen molar-refractivity contribution in [1.29, 1.82) is 5.26 Å². The third-order valence-corrected chi connectivity index (χ3v) is 6.12. The maximum atomic E-state index is 14.2. The molecule has 1 amide bonds. The van der Waals surface area contributed by atoms with Crippen molar-refractivity contribution in [3.8, 4) is 6.07 Å². The third kappa shape index (κ3) is 3.43. The summed E-state index contributed by atoms with van der Waals surface area (Å²) in [5.41, 5.74) is 1.28. The molecule has 0 N–H and O–H groups in total. The molecule has 4 rings (SSSR count). The molecule has 0 unspecified atom stereocenters. The highest BCUT2D eigenvalue weighted by atomic mass is 32.2. The van der Waals surface area contributed by atoms with Gasteiger partial charge in [0, 0.05) is 24.5 Å². The van der Waals surface area contributed by atoms with Crippen LogP contribution in [-0.2, 0) is 4.79 Å². The van der Waals surface area contributed by atoms with Crippen molar-refractivity contribution < 1.29 is 14.1 Å². The first-order valence-electron chi connectivity index (χ1n) is 8.81. The number of non-ortho nitro benzene ring substituents is 1. The summed E-state index contributed by atoms with van der Waals surface area (Å²) in [5, 5.41) is 21.4. The van der Waals surface area contributed by atoms with Gasteiger partial charge in [-0.3, -0.25) is 19.8 Å². The van der Waals surface area contributed by atoms with Gasteiger partial charge in [-0.1, -0.05) is 36.0 Å². The summed E-state index contributed by atoms with van der Waals surface area (Å²) in [5.74, 6) is -0.734. The molecular formula is C20H15FN4O3S. The number of halogens is 1. The number of thioether (sulfide) groups is 1. The molecule has 2 aliphatic heterocycles. The highest BCUT2D eigenvalue weighted by Crippen LogP contribution is 2.43. The SMILES string of the molecule is N#CC1=C2SCN(c3ccccc3F)CN2C(=O)C[C@@H]1c1cccc([N+](=O)[O-])c1. The molecule has 2 aromatic carbocycles. The summed E-state index contributed by atoms with van der Waals surface area (Å²) in [6, 6.07) is 14.6. The van der Waals surface area contributed by atoms with E-state index in [1.165, 1.54) is 34.9 Å². The number of nitro benzene ring substituents is 1. The van der Waals surface area contributed by atoms with Crippen LogP contribution in [0.25, 0.3) is 0 Å². The van der Waals surface area contributed by atoms with Crippen molar-refractivity contribution in [2.24, 2.45) is 0 Å². The Morgan fingerprint density at radius 1 is 1.24 bits per heavy atom. The van der Waals surface area contributed by atoms with Gasteiger partial charge in [-0.25, -0.2) is 4.39 Å². The minimum absolute atomic E-state index is 0.0270. The Morgan fingerprint density at radius 2 is 2.03 bits per heavy atom. The van der Waals surface area contributed by atoms with E-state index in [9.17, 15) is 24.6 Å². The summed E-state index contributed by atoms with van der Waals surface area (Å²) in [7, 11) is 0. The Morgan fingerprint density at radius 3 is 2.76 bits per heavy atom. The van der Waals surface area contributed by atoms with Crippen LogP contribution in [0.4, 0.5) is 15.8 Å². The fourth-order valence-electron chi connectivity index (χ4n) is 3.56. The molecule has 1 atom stereocenters. The number of nitriles is 1. The van der Waals surface area contributed by atoms with Crippen molar-refractivity contribution in [3.05, 3.63) is 80.6 Å². The number of para-hydroxylation sites is 1. The van der Waals surface area contributed by atoms with E-state index in [-0.39, 0.29) is 30.5 Å². The molecule has 29 heavy (non-hydrogen) atoms. The quantitative estimate of drug-likeness (QED) is 0.562. The van der Waals surface area contributed by atoms with E-state index in [1.54, 1.807) is 35.2 Å². The lowest BCUT2D eigenvalue weighted by atomic mass is 9.86. The van der Waals surface area contributed by atoms with Gasteiger partial charge in [0.05, 0.1) is 39.8 Å². The van der Waals surface area contributed by atoms with Gasteiger partial charge in [-0.05, 0) is 17.7 Å². The molecule has 2 heterocycles. The van der Waals surface area contributed by atoms with Crippen LogP contribution in [0.5, 0.6) is 0 Å². The molecule has 1 fully saturated rings. The molecule has 0 saturated carbocycles. The number of amides is 1. The number of allylic oxidation sites excluding steroid dienone is 1. The van der Waals surface area contributed by atoms with E-state index in [4.69, 9.17) is 0 Å². The van der Waals surface area contributed by atoms with Gasteiger partial charge in [0.15, 0.2) is 0 Å². The van der Waals surface area contributed by atoms with E-state index < -0.39 is 10.8 Å². The summed E-state index contributed by atoms with van der Waals surface area (Å²) in [4.78, 5) is 26.7. The normalized spacial score (nSPS) is 19.0. The first-order valence-corrected chi connectivity index (χ1v) is 9.79. The summed E-state index contributed by atoms with van der Waals surface area (Å²) in [6.45, 7) is 0.148. The summed E-state index contributed by atoms with van der Waals surface area (Å²) in [6.07, 6.45) is 0.0270. The van der Waals surface area contributed by atoms with Crippen molar-refractivity contribution in [3.63, 3.8) is 0 Å². The minimum Gasteiger partial charge on any atom is -0.341 e. The van der Waals surface area contributed by atoms with Crippen LogP contribution < -0.4 is 4.90 Å². The molecule has 0 aliphatic carbocycles. The third-order valence-electron chi connectivity index (χ3n) is 4.97. The molecule has 9 heteroatoms. The second-order valence-electron chi connectivity index (χ2n) is 6.67. The zero-order valence-electron chi connectivity index (χ0n) is 15.1. The number of benzene rings is 2. The summed E-state index contributed by atoms with van der Waals surface area (Å²) < 4.78 is 14.2. The van der Waals surface area contributed by atoms with Gasteiger partial charge >= 0.3 is 0 Å². The molecule has 0 radical (unpaired) electrons. The average Bonchev–Trinajstić information content (AvgIpc) is 2.74. The van der Waals surface area contributed by atoms with E-state index in [0.29, 0.717) is 27.7 Å². The Balaban J connectivity index is 1.69. The summed E-state index contributed by atoms with van der Waals surface area (Å²) >= 11 is 1.29. The predicted octanol–water partition coefficient (Wildman–Crippen LogP) is 3.95. The zero-order chi connectivity index (χ0) is 20.5. The van der Waals surface area contributed by atoms with E-state index >= 15 is 0 Å². The van der Waals surface area contributed by atoms with Crippen molar-refractivity contribution in [2.45, 2.75) is 12.3 Å². The first kappa shape index (κ1) is 19.0. The Labute approximate surface area is 170 Å². The van der Waals surface area contributed by atoms with Crippen LogP contribution in [-0.4, -0.2) is 28.3 Å². The Hall–Kier alpha value is -3.38. The van der Waals surface area contributed by atoms with Crippen molar-refractivity contribution in [2.75, 3.05) is 17.4 Å². The smallest absolute Gasteiger partial charge is 0.269 e. The van der Waals surface area contributed by atoms with E-state index in [1.807, 2.05) is 0 Å². The van der Waals surface area contributed by atoms with Crippen LogP contribution in [0, 0.1) is 27.3 Å². The second kappa shape index (κ2) is 7.56. The molecule has 1 saturated heterocycles. The number of hydrogen-bond acceptors (Lipinski definition) is 6. The number of rotatable bonds is 3. The second-order valence-corrected chi connectivity index (χ2v) is 7.60. The molecule has 0 bridgehead atoms. The zero-order valence-corrected chi connectivity index (χ0v) is 15.9. The predicted molar refractivity (Wildman–Crippen MR) is 106 cm³/mol. The van der Waals surface area contributed by atoms with Gasteiger partial charge < -0.3 is 4.90 Å². The lowest BCUT2D eigenvalue weighted by Crippen LogP contribution is -2.47. The van der Waals surface area contributed by atoms with Crippen LogP contribution in [0.3, 0.4) is 0 Å². The van der Waals surface area contributed by atoms with Crippen LogP contribution in [0.2, 0.25) is 0 Å². The minimum atomic E-state index is -0.536. The van der Waals surface area contributed by atoms with Crippen LogP contribution in [0.15, 0.2) is 59.1 Å². The fraction of sp³-hybridized carbons (Fsp3) is 0.200. The van der Waals surface area contributed by atoms with E-state index in [0.717, 1.165) is 0 Å². The maximum absolute atomic E-state index is 14.2. The molecule has 2 aliphatic rings. The highest BCUT2D eigenvalue weighted by Gasteiger charge is 2.39. The number of carbonyl (C=O) groups is 1. The van der Waals surface area contributed by atoms with Gasteiger partial charge in [0.2, 0.25) is 5.91 Å². The molecular weight excluding hydrogens is 395 g/mol. The topological polar surface area (TPSA) is 90.5 Å². The monoisotopic (exact) mass is 410 g/mol.